The van der Waals surface area contributed by atoms with Crippen molar-refractivity contribution in [3.63, 3.8) is 0 Å². The van der Waals surface area contributed by atoms with Crippen molar-refractivity contribution < 1.29 is 5.11 Å². The highest BCUT2D eigenvalue weighted by Crippen LogP contribution is 2.17. The summed E-state index contributed by atoms with van der Waals surface area (Å²) < 4.78 is 1.81. The summed E-state index contributed by atoms with van der Waals surface area (Å²) in [5, 5.41) is 10.1. The third-order valence-corrected chi connectivity index (χ3v) is 2.57. The van der Waals surface area contributed by atoms with Crippen LogP contribution in [0.3, 0.4) is 0 Å². The third kappa shape index (κ3) is 1.81. The summed E-state index contributed by atoms with van der Waals surface area (Å²) in [6.07, 6.45) is 0. The van der Waals surface area contributed by atoms with Gasteiger partial charge in [0.25, 0.3) is 0 Å². The van der Waals surface area contributed by atoms with E-state index in [0.29, 0.717) is 11.1 Å². The van der Waals surface area contributed by atoms with E-state index in [0.717, 1.165) is 5.52 Å². The van der Waals surface area contributed by atoms with Crippen molar-refractivity contribution in [3.8, 4) is 5.75 Å². The SMILES string of the molecule is CC.Cc1c(O)c(=O)c2ccccc2n1C. The maximum absolute atomic E-state index is 11.6. The van der Waals surface area contributed by atoms with Crippen LogP contribution in [-0.4, -0.2) is 9.67 Å². The second kappa shape index (κ2) is 4.84. The lowest BCUT2D eigenvalue weighted by atomic mass is 10.1. The number of benzene rings is 1. The number of aromatic hydroxyl groups is 1. The minimum absolute atomic E-state index is 0.161. The molecule has 0 aliphatic rings. The first-order chi connectivity index (χ1) is 7.63. The van der Waals surface area contributed by atoms with E-state index in [1.165, 1.54) is 0 Å². The topological polar surface area (TPSA) is 42.2 Å². The number of nitrogens with zero attached hydrogens (tertiary/aromatic N) is 1. The van der Waals surface area contributed by atoms with E-state index < -0.39 is 0 Å². The molecule has 2 aromatic rings. The summed E-state index contributed by atoms with van der Waals surface area (Å²) in [7, 11) is 1.83. The summed E-state index contributed by atoms with van der Waals surface area (Å²) in [5.74, 6) is -0.161. The van der Waals surface area contributed by atoms with Gasteiger partial charge in [-0.25, -0.2) is 0 Å². The van der Waals surface area contributed by atoms with Crippen molar-refractivity contribution in [2.75, 3.05) is 0 Å². The zero-order chi connectivity index (χ0) is 12.3. The molecule has 1 heterocycles. The number of fused-ring (bicyclic) bond motifs is 1. The van der Waals surface area contributed by atoms with E-state index in [-0.39, 0.29) is 11.2 Å². The van der Waals surface area contributed by atoms with Gasteiger partial charge in [-0.1, -0.05) is 26.0 Å². The molecule has 0 spiro atoms. The first-order valence-electron chi connectivity index (χ1n) is 5.40. The van der Waals surface area contributed by atoms with Gasteiger partial charge in [-0.15, -0.1) is 0 Å². The van der Waals surface area contributed by atoms with Gasteiger partial charge in [0, 0.05) is 12.4 Å². The van der Waals surface area contributed by atoms with Gasteiger partial charge in [0.15, 0.2) is 5.75 Å². The van der Waals surface area contributed by atoms with E-state index in [9.17, 15) is 9.90 Å². The minimum atomic E-state index is -0.295. The molecule has 16 heavy (non-hydrogen) atoms. The lowest BCUT2D eigenvalue weighted by molar-refractivity contribution is 0.460. The van der Waals surface area contributed by atoms with Crippen LogP contribution in [0.1, 0.15) is 19.5 Å². The van der Waals surface area contributed by atoms with Gasteiger partial charge in [-0.2, -0.15) is 0 Å². The summed E-state index contributed by atoms with van der Waals surface area (Å²) in [4.78, 5) is 11.6. The molecule has 0 amide bonds. The molecule has 0 saturated carbocycles. The van der Waals surface area contributed by atoms with Crippen molar-refractivity contribution in [1.29, 1.82) is 0 Å². The average molecular weight is 219 g/mol. The molecule has 3 nitrogen and oxygen atoms in total. The first-order valence-corrected chi connectivity index (χ1v) is 5.40. The molecule has 0 unspecified atom stereocenters. The van der Waals surface area contributed by atoms with Gasteiger partial charge in [-0.3, -0.25) is 4.79 Å². The molecule has 0 atom stereocenters. The van der Waals surface area contributed by atoms with Crippen LogP contribution in [0.2, 0.25) is 0 Å². The summed E-state index contributed by atoms with van der Waals surface area (Å²) in [5.41, 5.74) is 1.14. The summed E-state index contributed by atoms with van der Waals surface area (Å²) >= 11 is 0. The predicted molar refractivity (Wildman–Crippen MR) is 66.9 cm³/mol. The number of aromatic nitrogens is 1. The summed E-state index contributed by atoms with van der Waals surface area (Å²) in [6.45, 7) is 5.73. The van der Waals surface area contributed by atoms with E-state index in [1.807, 2.05) is 37.6 Å². The molecule has 3 heteroatoms. The normalized spacial score (nSPS) is 9.75. The molecule has 1 N–H and O–H groups in total. The number of rotatable bonds is 0. The Balaban J connectivity index is 0.000000606. The number of pyridine rings is 1. The lowest BCUT2D eigenvalue weighted by Gasteiger charge is -2.10. The van der Waals surface area contributed by atoms with E-state index in [4.69, 9.17) is 0 Å². The smallest absolute Gasteiger partial charge is 0.231 e. The van der Waals surface area contributed by atoms with Crippen molar-refractivity contribution >= 4 is 10.9 Å². The lowest BCUT2D eigenvalue weighted by Crippen LogP contribution is -2.10. The fourth-order valence-corrected chi connectivity index (χ4v) is 1.59. The molecule has 86 valence electrons. The van der Waals surface area contributed by atoms with Crippen LogP contribution < -0.4 is 5.43 Å². The summed E-state index contributed by atoms with van der Waals surface area (Å²) in [6, 6.07) is 7.25. The highest BCUT2D eigenvalue weighted by molar-refractivity contribution is 5.80. The van der Waals surface area contributed by atoms with Gasteiger partial charge in [0.2, 0.25) is 5.43 Å². The first kappa shape index (κ1) is 12.3. The molecule has 1 aromatic heterocycles. The second-order valence-corrected chi connectivity index (χ2v) is 3.34. The van der Waals surface area contributed by atoms with Crippen LogP contribution in [0.15, 0.2) is 29.1 Å². The Morgan fingerprint density at radius 3 is 2.38 bits per heavy atom. The molecule has 1 aromatic carbocycles. The van der Waals surface area contributed by atoms with Crippen LogP contribution in [0.4, 0.5) is 0 Å². The fraction of sp³-hybridized carbons (Fsp3) is 0.308. The van der Waals surface area contributed by atoms with Crippen LogP contribution in [-0.2, 0) is 7.05 Å². The van der Waals surface area contributed by atoms with Gasteiger partial charge in [0.05, 0.1) is 11.2 Å². The Hall–Kier alpha value is -1.77. The second-order valence-electron chi connectivity index (χ2n) is 3.34. The van der Waals surface area contributed by atoms with Crippen LogP contribution in [0, 0.1) is 6.92 Å². The third-order valence-electron chi connectivity index (χ3n) is 2.57. The molecule has 0 bridgehead atoms. The number of aryl methyl sites for hydroxylation is 1. The Kier molecular flexibility index (Phi) is 3.72. The highest BCUT2D eigenvalue weighted by atomic mass is 16.3. The van der Waals surface area contributed by atoms with Gasteiger partial charge < -0.3 is 9.67 Å². The van der Waals surface area contributed by atoms with Gasteiger partial charge in [0.1, 0.15) is 0 Å². The average Bonchev–Trinajstić information content (AvgIpc) is 2.36. The van der Waals surface area contributed by atoms with Gasteiger partial charge >= 0.3 is 0 Å². The highest BCUT2D eigenvalue weighted by Gasteiger charge is 2.09. The Labute approximate surface area is 95.0 Å². The predicted octanol–water partition coefficient (Wildman–Crippen LogP) is 2.58. The van der Waals surface area contributed by atoms with Crippen molar-refractivity contribution in [3.05, 3.63) is 40.2 Å². The maximum Gasteiger partial charge on any atom is 0.231 e. The van der Waals surface area contributed by atoms with Crippen LogP contribution in [0.25, 0.3) is 10.9 Å². The molecule has 2 rings (SSSR count). The van der Waals surface area contributed by atoms with Crippen molar-refractivity contribution in [1.82, 2.24) is 4.57 Å². The monoisotopic (exact) mass is 219 g/mol. The zero-order valence-electron chi connectivity index (χ0n) is 10.1. The van der Waals surface area contributed by atoms with E-state index in [1.54, 1.807) is 19.1 Å². The quantitative estimate of drug-likeness (QED) is 0.740. The van der Waals surface area contributed by atoms with E-state index in [2.05, 4.69) is 0 Å². The van der Waals surface area contributed by atoms with Crippen LogP contribution in [0.5, 0.6) is 5.75 Å². The largest absolute Gasteiger partial charge is 0.503 e. The van der Waals surface area contributed by atoms with Crippen molar-refractivity contribution in [2.24, 2.45) is 7.05 Å². The molecule has 0 saturated heterocycles. The number of hydrogen-bond acceptors (Lipinski definition) is 2. The Morgan fingerprint density at radius 1 is 1.19 bits per heavy atom. The minimum Gasteiger partial charge on any atom is -0.503 e. The maximum atomic E-state index is 11.6. The Bertz CT molecular complexity index is 556. The molecule has 0 aliphatic carbocycles. The molecule has 0 fully saturated rings. The van der Waals surface area contributed by atoms with Gasteiger partial charge in [-0.05, 0) is 19.1 Å². The molecular weight excluding hydrogens is 202 g/mol. The van der Waals surface area contributed by atoms with Crippen molar-refractivity contribution in [2.45, 2.75) is 20.8 Å². The fourth-order valence-electron chi connectivity index (χ4n) is 1.59. The molecule has 0 radical (unpaired) electrons. The van der Waals surface area contributed by atoms with E-state index >= 15 is 0 Å². The Morgan fingerprint density at radius 2 is 1.75 bits per heavy atom. The molecule has 0 aliphatic heterocycles. The number of hydrogen-bond donors (Lipinski definition) is 1. The zero-order valence-corrected chi connectivity index (χ0v) is 10.1. The van der Waals surface area contributed by atoms with Crippen LogP contribution >= 0.6 is 0 Å². The molecular formula is C13H17NO2. The standard InChI is InChI=1S/C11H11NO2.C2H6/c1-7-10(13)11(14)8-5-3-4-6-9(8)12(7)2;1-2/h3-6,13H,1-2H3;1-2H3. The number of para-hydroxylation sites is 1.